The number of hydrogen-bond donors (Lipinski definition) is 3. The molecule has 8 heteroatoms. The van der Waals surface area contributed by atoms with Crippen LogP contribution in [0.2, 0.25) is 5.02 Å². The van der Waals surface area contributed by atoms with Gasteiger partial charge in [0.25, 0.3) is 0 Å². The molecule has 3 aromatic rings. The van der Waals surface area contributed by atoms with Crippen molar-refractivity contribution in [2.24, 2.45) is 17.6 Å². The molecule has 0 saturated heterocycles. The minimum atomic E-state index is -0.923. The molecule has 4 N–H and O–H groups in total. The van der Waals surface area contributed by atoms with Gasteiger partial charge in [0.1, 0.15) is 5.75 Å². The monoisotopic (exact) mass is 587 g/mol. The number of primary amides is 1. The number of hydrogen-bond acceptors (Lipinski definition) is 4. The van der Waals surface area contributed by atoms with Gasteiger partial charge in [-0.15, -0.1) is 0 Å². The highest BCUT2D eigenvalue weighted by molar-refractivity contribution is 6.30. The number of rotatable bonds is 10. The maximum Gasteiger partial charge on any atom is 0.338 e. The first-order valence-corrected chi connectivity index (χ1v) is 14.8. The van der Waals surface area contributed by atoms with Crippen LogP contribution in [0, 0.1) is 23.7 Å². The predicted octanol–water partition coefficient (Wildman–Crippen LogP) is 7.22. The molecule has 42 heavy (non-hydrogen) atoms. The van der Waals surface area contributed by atoms with E-state index in [0.29, 0.717) is 46.4 Å². The Morgan fingerprint density at radius 1 is 1.05 bits per heavy atom. The minimum absolute atomic E-state index is 0.0119. The quantitative estimate of drug-likeness (QED) is 0.132. The lowest BCUT2D eigenvalue weighted by Crippen LogP contribution is -2.33. The summed E-state index contributed by atoms with van der Waals surface area (Å²) in [6, 6.07) is 23.5. The third-order valence-electron chi connectivity index (χ3n) is 7.76. The Morgan fingerprint density at radius 3 is 2.40 bits per heavy atom. The summed E-state index contributed by atoms with van der Waals surface area (Å²) in [5.41, 5.74) is 8.91. The average Bonchev–Trinajstić information content (AvgIpc) is 2.98. The average molecular weight is 588 g/mol. The molecule has 0 aromatic heterocycles. The van der Waals surface area contributed by atoms with Crippen LogP contribution in [0.15, 0.2) is 72.8 Å². The van der Waals surface area contributed by atoms with Gasteiger partial charge in [-0.2, -0.15) is 0 Å². The summed E-state index contributed by atoms with van der Waals surface area (Å²) >= 11 is 6.19. The van der Waals surface area contributed by atoms with Gasteiger partial charge in [-0.05, 0) is 72.6 Å². The van der Waals surface area contributed by atoms with Crippen molar-refractivity contribution in [3.8, 4) is 17.6 Å². The predicted molar refractivity (Wildman–Crippen MR) is 166 cm³/mol. The molecule has 1 aliphatic carbocycles. The van der Waals surface area contributed by atoms with Gasteiger partial charge >= 0.3 is 6.03 Å². The Morgan fingerprint density at radius 2 is 1.74 bits per heavy atom. The number of urea groups is 1. The molecule has 0 radical (unpaired) electrons. The van der Waals surface area contributed by atoms with Gasteiger partial charge in [0.05, 0.1) is 18.8 Å². The van der Waals surface area contributed by atoms with Crippen molar-refractivity contribution in [3.05, 3.63) is 94.5 Å². The Labute approximate surface area is 253 Å². The molecule has 7 nitrogen and oxygen atoms in total. The highest BCUT2D eigenvalue weighted by Gasteiger charge is 2.29. The minimum Gasteiger partial charge on any atom is -0.491 e. The van der Waals surface area contributed by atoms with Crippen LogP contribution in [0.5, 0.6) is 5.75 Å². The lowest BCUT2D eigenvalue weighted by molar-refractivity contribution is -0.114. The molecule has 1 saturated carbocycles. The molecule has 0 heterocycles. The summed E-state index contributed by atoms with van der Waals surface area (Å²) in [5.74, 6) is 7.78. The fraction of sp³-hybridized carbons (Fsp3) is 0.353. The van der Waals surface area contributed by atoms with E-state index < -0.39 is 6.03 Å². The number of nitrogens with zero attached hydrogens (tertiary/aromatic N) is 1. The lowest BCUT2D eigenvalue weighted by atomic mass is 9.70. The molecule has 4 rings (SSSR count). The summed E-state index contributed by atoms with van der Waals surface area (Å²) in [6.07, 6.45) is 5.82. The summed E-state index contributed by atoms with van der Waals surface area (Å²) in [6.45, 7) is 2.02. The maximum atomic E-state index is 11.8. The van der Waals surface area contributed by atoms with Crippen LogP contribution in [0.25, 0.3) is 0 Å². The Balaban J connectivity index is 1.32. The van der Waals surface area contributed by atoms with E-state index in [1.165, 1.54) is 18.1 Å². The zero-order valence-electron chi connectivity index (χ0n) is 23.9. The van der Waals surface area contributed by atoms with E-state index in [-0.39, 0.29) is 18.9 Å². The van der Waals surface area contributed by atoms with Crippen molar-refractivity contribution in [3.63, 3.8) is 0 Å². The van der Waals surface area contributed by atoms with Crippen LogP contribution in [-0.4, -0.2) is 35.4 Å². The molecule has 1 fully saturated rings. The van der Waals surface area contributed by atoms with E-state index in [9.17, 15) is 14.8 Å². The van der Waals surface area contributed by atoms with Gasteiger partial charge < -0.3 is 15.8 Å². The summed E-state index contributed by atoms with van der Waals surface area (Å²) in [5, 5.41) is 13.3. The normalized spacial score (nSPS) is 16.9. The number of carbonyl (C=O) groups excluding carboxylic acids is 2. The molecular weight excluding hydrogens is 550 g/mol. The first-order chi connectivity index (χ1) is 20.3. The number of carbonyl (C=O) groups is 2. The molecular formula is C34H38ClN3O4. The SMILES string of the molecule is CC(=O)Nc1cc(C#CCCN(O)C(N)=O)ccc1OCCC1CCC([C@H](c2ccccc2)c2ccc(Cl)cc2)CC1. The van der Waals surface area contributed by atoms with E-state index in [4.69, 9.17) is 22.1 Å². The number of nitrogens with two attached hydrogens (primary N) is 1. The van der Waals surface area contributed by atoms with Crippen LogP contribution in [0.4, 0.5) is 10.5 Å². The first-order valence-electron chi connectivity index (χ1n) is 14.4. The van der Waals surface area contributed by atoms with Crippen LogP contribution < -0.4 is 15.8 Å². The van der Waals surface area contributed by atoms with Gasteiger partial charge in [0.2, 0.25) is 5.91 Å². The summed E-state index contributed by atoms with van der Waals surface area (Å²) < 4.78 is 6.14. The van der Waals surface area contributed by atoms with Crippen LogP contribution >= 0.6 is 11.6 Å². The van der Waals surface area contributed by atoms with Crippen molar-refractivity contribution in [2.45, 2.75) is 51.4 Å². The van der Waals surface area contributed by atoms with Crippen LogP contribution in [0.1, 0.15) is 68.1 Å². The topological polar surface area (TPSA) is 105 Å². The number of halogens is 1. The van der Waals surface area contributed by atoms with Gasteiger partial charge in [0, 0.05) is 29.8 Å². The number of ether oxygens (including phenoxy) is 1. The molecule has 0 spiro atoms. The molecule has 0 bridgehead atoms. The van der Waals surface area contributed by atoms with E-state index >= 15 is 0 Å². The zero-order valence-corrected chi connectivity index (χ0v) is 24.6. The van der Waals surface area contributed by atoms with E-state index in [0.717, 1.165) is 37.1 Å². The van der Waals surface area contributed by atoms with E-state index in [1.54, 1.807) is 6.07 Å². The fourth-order valence-electron chi connectivity index (χ4n) is 5.67. The largest absolute Gasteiger partial charge is 0.491 e. The third kappa shape index (κ3) is 9.01. The van der Waals surface area contributed by atoms with Gasteiger partial charge in [0.15, 0.2) is 0 Å². The van der Waals surface area contributed by atoms with Crippen molar-refractivity contribution < 1.29 is 19.5 Å². The van der Waals surface area contributed by atoms with E-state index in [1.807, 2.05) is 24.3 Å². The highest BCUT2D eigenvalue weighted by Crippen LogP contribution is 2.43. The number of hydroxylamine groups is 2. The molecule has 1 atom stereocenters. The van der Waals surface area contributed by atoms with Crippen molar-refractivity contribution >= 4 is 29.2 Å². The highest BCUT2D eigenvalue weighted by atomic mass is 35.5. The number of amides is 3. The number of benzene rings is 3. The number of nitrogens with one attached hydrogen (secondary N) is 1. The Bertz CT molecular complexity index is 1390. The summed E-state index contributed by atoms with van der Waals surface area (Å²) in [7, 11) is 0. The maximum absolute atomic E-state index is 11.8. The van der Waals surface area contributed by atoms with Crippen molar-refractivity contribution in [1.29, 1.82) is 0 Å². The lowest BCUT2D eigenvalue weighted by Gasteiger charge is -2.34. The molecule has 1 aliphatic rings. The smallest absolute Gasteiger partial charge is 0.338 e. The van der Waals surface area contributed by atoms with E-state index in [2.05, 4.69) is 59.6 Å². The van der Waals surface area contributed by atoms with Crippen molar-refractivity contribution in [2.75, 3.05) is 18.5 Å². The second-order valence-corrected chi connectivity index (χ2v) is 11.2. The Kier molecular flexibility index (Phi) is 11.3. The van der Waals surface area contributed by atoms with Gasteiger partial charge in [-0.3, -0.25) is 10.0 Å². The molecule has 3 aromatic carbocycles. The van der Waals surface area contributed by atoms with Gasteiger partial charge in [-0.25, -0.2) is 9.86 Å². The van der Waals surface area contributed by atoms with Crippen LogP contribution in [0.3, 0.4) is 0 Å². The fourth-order valence-corrected chi connectivity index (χ4v) is 5.80. The summed E-state index contributed by atoms with van der Waals surface area (Å²) in [4.78, 5) is 22.7. The molecule has 0 aliphatic heterocycles. The van der Waals surface area contributed by atoms with Gasteiger partial charge in [-0.1, -0.05) is 78.7 Å². The second kappa shape index (κ2) is 15.3. The number of anilines is 1. The second-order valence-electron chi connectivity index (χ2n) is 10.8. The zero-order chi connectivity index (χ0) is 29.9. The Hall–Kier alpha value is -3.99. The first kappa shape index (κ1) is 31.0. The molecule has 0 unspecified atom stereocenters. The molecule has 3 amide bonds. The molecule has 220 valence electrons. The standard InChI is InChI=1S/C34H38ClN3O4/c1-24(39)37-31-23-26(7-5-6-21-38(41)34(36)40)12-19-32(31)42-22-20-25-10-13-28(14-11-25)33(27-8-3-2-4-9-27)29-15-17-30(35)18-16-29/h2-4,8-9,12,15-19,23,25,28,33,41H,6,10-11,13-14,20-22H2,1H3,(H2,36,40)(H,37,39)/t25?,28?,33-/m0/s1. The third-order valence-corrected chi connectivity index (χ3v) is 8.01. The van der Waals surface area contributed by atoms with Crippen molar-refractivity contribution in [1.82, 2.24) is 5.06 Å². The van der Waals surface area contributed by atoms with Crippen LogP contribution in [-0.2, 0) is 4.79 Å².